The van der Waals surface area contributed by atoms with E-state index in [1.165, 1.54) is 12.1 Å². The molecule has 2 aromatic heterocycles. The first kappa shape index (κ1) is 26.0. The van der Waals surface area contributed by atoms with Crippen molar-refractivity contribution in [1.29, 1.82) is 0 Å². The Labute approximate surface area is 209 Å². The molecule has 36 heavy (non-hydrogen) atoms. The fourth-order valence-corrected chi connectivity index (χ4v) is 4.33. The summed E-state index contributed by atoms with van der Waals surface area (Å²) in [5, 5.41) is 3.20. The Morgan fingerprint density at radius 3 is 2.50 bits per heavy atom. The molecular formula is C24H26F3N6O2S-. The number of benzene rings is 1. The Morgan fingerprint density at radius 1 is 1.11 bits per heavy atom. The molecule has 1 aliphatic heterocycles. The van der Waals surface area contributed by atoms with Crippen molar-refractivity contribution in [2.75, 3.05) is 23.3 Å². The highest BCUT2D eigenvalue weighted by atomic mass is 32.2. The zero-order chi connectivity index (χ0) is 25.9. The van der Waals surface area contributed by atoms with Gasteiger partial charge in [-0.2, -0.15) is 13.2 Å². The highest BCUT2D eigenvalue weighted by Crippen LogP contribution is 2.32. The van der Waals surface area contributed by atoms with Gasteiger partial charge in [-0.25, -0.2) is 19.7 Å². The van der Waals surface area contributed by atoms with E-state index < -0.39 is 23.0 Å². The van der Waals surface area contributed by atoms with E-state index in [-0.39, 0.29) is 12.5 Å². The van der Waals surface area contributed by atoms with Gasteiger partial charge in [0.05, 0.1) is 11.3 Å². The number of halogens is 3. The number of nitrogens with zero attached hydrogens (tertiary/aromatic N) is 4. The van der Waals surface area contributed by atoms with E-state index in [1.807, 2.05) is 19.9 Å². The van der Waals surface area contributed by atoms with Crippen molar-refractivity contribution in [2.24, 2.45) is 0 Å². The van der Waals surface area contributed by atoms with Gasteiger partial charge in [-0.1, -0.05) is 19.9 Å². The molecular weight excluding hydrogens is 493 g/mol. The van der Waals surface area contributed by atoms with Gasteiger partial charge in [-0.3, -0.25) is 4.21 Å². The Morgan fingerprint density at radius 2 is 1.83 bits per heavy atom. The Bertz CT molecular complexity index is 1240. The van der Waals surface area contributed by atoms with Gasteiger partial charge in [0, 0.05) is 66.3 Å². The van der Waals surface area contributed by atoms with Crippen molar-refractivity contribution in [1.82, 2.24) is 19.7 Å². The molecule has 0 amide bonds. The van der Waals surface area contributed by atoms with Gasteiger partial charge in [0.2, 0.25) is 0 Å². The molecule has 1 aliphatic rings. The van der Waals surface area contributed by atoms with Crippen LogP contribution in [-0.2, 0) is 36.8 Å². The third-order valence-electron chi connectivity index (χ3n) is 5.90. The zero-order valence-corrected chi connectivity index (χ0v) is 20.6. The summed E-state index contributed by atoms with van der Waals surface area (Å²) in [6.45, 7) is 5.30. The normalized spacial score (nSPS) is 14.9. The molecule has 2 N–H and O–H groups in total. The van der Waals surface area contributed by atoms with Crippen LogP contribution in [0.5, 0.6) is 0 Å². The van der Waals surface area contributed by atoms with Gasteiger partial charge in [-0.05, 0) is 36.8 Å². The summed E-state index contributed by atoms with van der Waals surface area (Å²) in [7, 11) is 0. The minimum Gasteiger partial charge on any atom is -0.760 e. The quantitative estimate of drug-likeness (QED) is 0.450. The molecule has 4 rings (SSSR count). The number of rotatable bonds is 7. The van der Waals surface area contributed by atoms with Crippen LogP contribution in [0.2, 0.25) is 0 Å². The first-order valence-electron chi connectivity index (χ1n) is 11.5. The monoisotopic (exact) mass is 519 g/mol. The van der Waals surface area contributed by atoms with E-state index in [4.69, 9.17) is 9.97 Å². The summed E-state index contributed by atoms with van der Waals surface area (Å²) >= 11 is -2.39. The van der Waals surface area contributed by atoms with Gasteiger partial charge in [-0.15, -0.1) is 0 Å². The minimum atomic E-state index is -4.40. The maximum Gasteiger partial charge on any atom is 0.416 e. The third kappa shape index (κ3) is 6.18. The SMILES string of the molecule is CC(C)c1nc2c(c(Nc3ccc(C(F)(F)F)cc3)n1)CCN(c1ncccc1CNS(=O)[O-])CC2. The molecule has 1 unspecified atom stereocenters. The summed E-state index contributed by atoms with van der Waals surface area (Å²) in [4.78, 5) is 16.1. The molecule has 192 valence electrons. The molecule has 0 saturated heterocycles. The second-order valence-corrected chi connectivity index (χ2v) is 9.50. The zero-order valence-electron chi connectivity index (χ0n) is 19.8. The number of anilines is 3. The highest BCUT2D eigenvalue weighted by molar-refractivity contribution is 7.77. The van der Waals surface area contributed by atoms with Crippen LogP contribution in [0.15, 0.2) is 42.6 Å². The Kier molecular flexibility index (Phi) is 7.86. The van der Waals surface area contributed by atoms with Crippen LogP contribution < -0.4 is 14.9 Å². The van der Waals surface area contributed by atoms with E-state index in [1.54, 1.807) is 12.3 Å². The van der Waals surface area contributed by atoms with Gasteiger partial charge < -0.3 is 14.8 Å². The predicted molar refractivity (Wildman–Crippen MR) is 130 cm³/mol. The first-order valence-corrected chi connectivity index (χ1v) is 12.5. The molecule has 1 aromatic carbocycles. The number of fused-ring (bicyclic) bond motifs is 1. The average Bonchev–Trinajstić information content (AvgIpc) is 3.05. The topological polar surface area (TPSA) is 106 Å². The lowest BCUT2D eigenvalue weighted by molar-refractivity contribution is -0.137. The molecule has 0 radical (unpaired) electrons. The van der Waals surface area contributed by atoms with Crippen molar-refractivity contribution < 1.29 is 21.9 Å². The number of alkyl halides is 3. The number of pyridine rings is 1. The van der Waals surface area contributed by atoms with Gasteiger partial charge in [0.15, 0.2) is 0 Å². The molecule has 12 heteroatoms. The number of hydrogen-bond acceptors (Lipinski definition) is 7. The second kappa shape index (κ2) is 10.9. The Hall–Kier alpha value is -3.09. The summed E-state index contributed by atoms with van der Waals surface area (Å²) in [6, 6.07) is 8.45. The molecule has 0 bridgehead atoms. The second-order valence-electron chi connectivity index (χ2n) is 8.74. The lowest BCUT2D eigenvalue weighted by Gasteiger charge is -2.24. The Balaban J connectivity index is 1.62. The fraction of sp³-hybridized carbons (Fsp3) is 0.375. The highest BCUT2D eigenvalue weighted by Gasteiger charge is 2.30. The van der Waals surface area contributed by atoms with Crippen LogP contribution in [0, 0.1) is 0 Å². The van der Waals surface area contributed by atoms with E-state index in [2.05, 4.69) is 19.9 Å². The van der Waals surface area contributed by atoms with Crippen molar-refractivity contribution in [3.8, 4) is 0 Å². The van der Waals surface area contributed by atoms with Crippen molar-refractivity contribution in [3.05, 3.63) is 70.8 Å². The molecule has 0 fully saturated rings. The van der Waals surface area contributed by atoms with E-state index in [9.17, 15) is 21.9 Å². The average molecular weight is 520 g/mol. The number of aromatic nitrogens is 3. The lowest BCUT2D eigenvalue weighted by Crippen LogP contribution is -2.29. The van der Waals surface area contributed by atoms with Crippen LogP contribution in [-0.4, -0.2) is 36.8 Å². The smallest absolute Gasteiger partial charge is 0.416 e. The van der Waals surface area contributed by atoms with Gasteiger partial charge in [0.1, 0.15) is 17.5 Å². The molecule has 0 saturated carbocycles. The molecule has 0 aliphatic carbocycles. The molecule has 0 spiro atoms. The van der Waals surface area contributed by atoms with Crippen molar-refractivity contribution in [2.45, 2.75) is 45.3 Å². The van der Waals surface area contributed by atoms with Crippen LogP contribution in [0.1, 0.15) is 48.0 Å². The van der Waals surface area contributed by atoms with Gasteiger partial charge in [0.25, 0.3) is 0 Å². The van der Waals surface area contributed by atoms with Crippen LogP contribution >= 0.6 is 0 Å². The van der Waals surface area contributed by atoms with Crippen molar-refractivity contribution >= 4 is 28.6 Å². The molecule has 3 heterocycles. The first-order chi connectivity index (χ1) is 17.1. The van der Waals surface area contributed by atoms with E-state index >= 15 is 0 Å². The largest absolute Gasteiger partial charge is 0.760 e. The maximum absolute atomic E-state index is 13.0. The predicted octanol–water partition coefficient (Wildman–Crippen LogP) is 4.25. The van der Waals surface area contributed by atoms with Crippen LogP contribution in [0.3, 0.4) is 0 Å². The summed E-state index contributed by atoms with van der Waals surface area (Å²) in [5.41, 5.74) is 2.32. The standard InChI is InChI=1S/C24H27F3N6O2S/c1-15(2)21-31-20-10-13-33(23-16(4-3-11-28-23)14-29-36(34)35)12-9-19(20)22(32-21)30-18-7-5-17(6-8-18)24(25,26)27/h3-8,11,15,29H,9-10,12-14H2,1-2H3,(H,34,35)(H,30,31,32)/p-1. The van der Waals surface area contributed by atoms with Gasteiger partial charge >= 0.3 is 6.18 Å². The van der Waals surface area contributed by atoms with Crippen LogP contribution in [0.25, 0.3) is 0 Å². The van der Waals surface area contributed by atoms with E-state index in [0.717, 1.165) is 29.0 Å². The minimum absolute atomic E-state index is 0.0595. The summed E-state index contributed by atoms with van der Waals surface area (Å²) < 4.78 is 63.3. The summed E-state index contributed by atoms with van der Waals surface area (Å²) in [6.07, 6.45) is -1.55. The number of nitrogens with one attached hydrogen (secondary N) is 2. The van der Waals surface area contributed by atoms with Crippen LogP contribution in [0.4, 0.5) is 30.5 Å². The fourth-order valence-electron chi connectivity index (χ4n) is 4.06. The van der Waals surface area contributed by atoms with E-state index in [0.29, 0.717) is 49.1 Å². The number of hydrogen-bond donors (Lipinski definition) is 2. The maximum atomic E-state index is 13.0. The van der Waals surface area contributed by atoms with Crippen molar-refractivity contribution in [3.63, 3.8) is 0 Å². The lowest BCUT2D eigenvalue weighted by atomic mass is 10.1. The molecule has 1 atom stereocenters. The summed E-state index contributed by atoms with van der Waals surface area (Å²) in [5.74, 6) is 1.98. The molecule has 3 aromatic rings. The molecule has 8 nitrogen and oxygen atoms in total. The third-order valence-corrected chi connectivity index (χ3v) is 6.28.